The van der Waals surface area contributed by atoms with Crippen molar-refractivity contribution < 1.29 is 28.0 Å². The zero-order valence-corrected chi connectivity index (χ0v) is 31.6. The third-order valence-electron chi connectivity index (χ3n) is 9.33. The van der Waals surface area contributed by atoms with Gasteiger partial charge in [-0.25, -0.2) is 0 Å². The summed E-state index contributed by atoms with van der Waals surface area (Å²) < 4.78 is 32.5. The average Bonchev–Trinajstić information content (AvgIpc) is 3.03. The van der Waals surface area contributed by atoms with Crippen LogP contribution in [0.5, 0.6) is 0 Å². The summed E-state index contributed by atoms with van der Waals surface area (Å²) in [5.41, 5.74) is 0. The maximum absolute atomic E-state index is 12.6. The highest BCUT2D eigenvalue weighted by molar-refractivity contribution is 7.85. The lowest BCUT2D eigenvalue weighted by molar-refractivity contribution is -0.131. The molecule has 0 saturated carbocycles. The summed E-state index contributed by atoms with van der Waals surface area (Å²) in [6.07, 6.45) is 36.5. The van der Waals surface area contributed by atoms with Crippen molar-refractivity contribution in [3.8, 4) is 0 Å². The molecule has 0 aliphatic carbocycles. The van der Waals surface area contributed by atoms with Gasteiger partial charge >= 0.3 is 0 Å². The molecule has 0 bridgehead atoms. The molecule has 0 aliphatic heterocycles. The molecule has 0 aliphatic rings. The Morgan fingerprint density at radius 2 is 0.894 bits per heavy atom. The van der Waals surface area contributed by atoms with Crippen molar-refractivity contribution in [3.05, 3.63) is 12.2 Å². The zero-order valence-electron chi connectivity index (χ0n) is 30.8. The van der Waals surface area contributed by atoms with E-state index in [-0.39, 0.29) is 6.42 Å². The number of hydrogen-bond acceptors (Lipinski definition) is 5. The van der Waals surface area contributed by atoms with Gasteiger partial charge in [-0.1, -0.05) is 180 Å². The van der Waals surface area contributed by atoms with E-state index in [1.54, 1.807) is 0 Å². The number of nitrogens with one attached hydrogen (secondary N) is 1. The van der Waals surface area contributed by atoms with Crippen LogP contribution in [0.1, 0.15) is 206 Å². The number of rotatable bonds is 36. The Balaban J connectivity index is 4.01. The monoisotopic (exact) mass is 688 g/mol. The van der Waals surface area contributed by atoms with Crippen molar-refractivity contribution in [1.29, 1.82) is 0 Å². The number of aliphatic hydroxyl groups is 2. The minimum Gasteiger partial charge on any atom is -0.391 e. The first-order valence-corrected chi connectivity index (χ1v) is 21.6. The number of amides is 1. The van der Waals surface area contributed by atoms with E-state index < -0.39 is 40.0 Å². The molecule has 4 N–H and O–H groups in total. The fourth-order valence-electron chi connectivity index (χ4n) is 6.22. The third kappa shape index (κ3) is 33.3. The molecule has 0 fully saturated rings. The Morgan fingerprint density at radius 3 is 1.28 bits per heavy atom. The van der Waals surface area contributed by atoms with Crippen molar-refractivity contribution >= 4 is 16.0 Å². The third-order valence-corrected chi connectivity index (χ3v) is 10.1. The van der Waals surface area contributed by atoms with Crippen LogP contribution < -0.4 is 5.32 Å². The van der Waals surface area contributed by atoms with Gasteiger partial charge in [0.1, 0.15) is 6.10 Å². The molecule has 0 saturated heterocycles. The summed E-state index contributed by atoms with van der Waals surface area (Å²) in [5.74, 6) is -1.46. The van der Waals surface area contributed by atoms with Gasteiger partial charge in [0.05, 0.1) is 17.9 Å². The van der Waals surface area contributed by atoms with E-state index in [0.717, 1.165) is 51.4 Å². The van der Waals surface area contributed by atoms with E-state index in [0.29, 0.717) is 19.3 Å². The fraction of sp³-hybridized carbons (Fsp3) is 0.923. The highest BCUT2D eigenvalue weighted by Crippen LogP contribution is 2.16. The van der Waals surface area contributed by atoms with Crippen molar-refractivity contribution in [3.63, 3.8) is 0 Å². The summed E-state index contributed by atoms with van der Waals surface area (Å²) in [4.78, 5) is 12.6. The van der Waals surface area contributed by atoms with E-state index >= 15 is 0 Å². The largest absolute Gasteiger partial charge is 0.391 e. The fourth-order valence-corrected chi connectivity index (χ4v) is 6.98. The van der Waals surface area contributed by atoms with E-state index in [2.05, 4.69) is 31.3 Å². The van der Waals surface area contributed by atoms with Gasteiger partial charge in [0, 0.05) is 0 Å². The maximum atomic E-state index is 12.6. The van der Waals surface area contributed by atoms with Crippen LogP contribution >= 0.6 is 0 Å². The van der Waals surface area contributed by atoms with Crippen LogP contribution in [0.3, 0.4) is 0 Å². The van der Waals surface area contributed by atoms with Gasteiger partial charge in [-0.3, -0.25) is 9.35 Å². The number of carbonyl (C=O) groups excluding carboxylic acids is 1. The molecule has 0 aromatic heterocycles. The summed E-state index contributed by atoms with van der Waals surface area (Å²) in [6.45, 7) is 4.50. The maximum Gasteiger partial charge on any atom is 0.266 e. The average molecular weight is 688 g/mol. The topological polar surface area (TPSA) is 124 Å². The Kier molecular flexibility index (Phi) is 32.8. The van der Waals surface area contributed by atoms with Crippen molar-refractivity contribution in [2.45, 2.75) is 225 Å². The number of carbonyl (C=O) groups is 1. The lowest BCUT2D eigenvalue weighted by atomic mass is 10.0. The minimum atomic E-state index is -4.40. The molecule has 0 heterocycles. The van der Waals surface area contributed by atoms with Crippen LogP contribution in [0.25, 0.3) is 0 Å². The van der Waals surface area contributed by atoms with Gasteiger partial charge in [-0.15, -0.1) is 0 Å². The smallest absolute Gasteiger partial charge is 0.266 e. The van der Waals surface area contributed by atoms with Crippen molar-refractivity contribution in [2.75, 3.05) is 5.75 Å². The molecular formula is C39H77NO6S. The van der Waals surface area contributed by atoms with Crippen LogP contribution in [0.15, 0.2) is 12.2 Å². The Labute approximate surface area is 291 Å². The molecule has 0 aromatic rings. The molecule has 0 aromatic carbocycles. The molecule has 3 atom stereocenters. The predicted octanol–water partition coefficient (Wildman–Crippen LogP) is 10.4. The number of aliphatic hydroxyl groups excluding tert-OH is 2. The summed E-state index contributed by atoms with van der Waals surface area (Å²) in [6, 6.07) is -1.15. The quantitative estimate of drug-likeness (QED) is 0.0295. The molecule has 0 radical (unpaired) electrons. The van der Waals surface area contributed by atoms with Crippen molar-refractivity contribution in [1.82, 2.24) is 5.32 Å². The van der Waals surface area contributed by atoms with Gasteiger partial charge in [0.15, 0.2) is 0 Å². The van der Waals surface area contributed by atoms with Gasteiger partial charge < -0.3 is 15.5 Å². The van der Waals surface area contributed by atoms with Crippen LogP contribution in [-0.2, 0) is 14.9 Å². The number of allylic oxidation sites excluding steroid dienone is 2. The Hall–Kier alpha value is -0.960. The highest BCUT2D eigenvalue weighted by atomic mass is 32.2. The van der Waals surface area contributed by atoms with Gasteiger partial charge in [0.25, 0.3) is 10.1 Å². The first-order valence-electron chi connectivity index (χ1n) is 20.0. The summed E-state index contributed by atoms with van der Waals surface area (Å²) in [5, 5.41) is 23.5. The minimum absolute atomic E-state index is 0.285. The van der Waals surface area contributed by atoms with Gasteiger partial charge in [-0.05, 0) is 38.5 Å². The van der Waals surface area contributed by atoms with Crippen LogP contribution in [0, 0.1) is 0 Å². The molecule has 280 valence electrons. The lowest BCUT2D eigenvalue weighted by Crippen LogP contribution is -2.50. The second-order valence-electron chi connectivity index (χ2n) is 14.1. The second-order valence-corrected chi connectivity index (χ2v) is 15.6. The summed E-state index contributed by atoms with van der Waals surface area (Å²) >= 11 is 0. The highest BCUT2D eigenvalue weighted by Gasteiger charge is 2.28. The van der Waals surface area contributed by atoms with Gasteiger partial charge in [0.2, 0.25) is 5.91 Å². The molecule has 7 nitrogen and oxygen atoms in total. The first kappa shape index (κ1) is 46.0. The Bertz CT molecular complexity index is 818. The molecule has 47 heavy (non-hydrogen) atoms. The van der Waals surface area contributed by atoms with E-state index in [1.165, 1.54) is 116 Å². The van der Waals surface area contributed by atoms with E-state index in [9.17, 15) is 28.0 Å². The van der Waals surface area contributed by atoms with E-state index in [1.807, 2.05) is 0 Å². The van der Waals surface area contributed by atoms with Crippen LogP contribution in [0.4, 0.5) is 0 Å². The normalized spacial score (nSPS) is 14.1. The molecule has 0 spiro atoms. The zero-order chi connectivity index (χ0) is 34.9. The number of unbranched alkanes of at least 4 members (excludes halogenated alkanes) is 25. The molecule has 1 amide bonds. The summed E-state index contributed by atoms with van der Waals surface area (Å²) in [7, 11) is -4.40. The second kappa shape index (κ2) is 33.5. The van der Waals surface area contributed by atoms with Gasteiger partial charge in [-0.2, -0.15) is 8.42 Å². The van der Waals surface area contributed by atoms with Crippen LogP contribution in [-0.4, -0.2) is 53.1 Å². The molecule has 0 rings (SSSR count). The number of hydrogen-bond donors (Lipinski definition) is 4. The molecule has 8 heteroatoms. The molecule has 3 unspecified atom stereocenters. The van der Waals surface area contributed by atoms with Crippen molar-refractivity contribution in [2.24, 2.45) is 0 Å². The van der Waals surface area contributed by atoms with E-state index in [4.69, 9.17) is 0 Å². The Morgan fingerprint density at radius 1 is 0.553 bits per heavy atom. The lowest BCUT2D eigenvalue weighted by Gasteiger charge is -2.24. The standard InChI is InChI=1S/C39H77NO6S/c1-3-5-7-9-11-13-15-17-19-21-23-25-27-29-31-33-37(41)36(35-47(44,45)46)40-39(43)38(42)34-32-30-28-26-24-22-20-18-16-14-12-10-8-6-4-2/h20,22,36-38,41-42H,3-19,21,23-35H2,1-2H3,(H,40,43)(H,44,45,46)/b22-20-. The first-order chi connectivity index (χ1) is 22.7. The SMILES string of the molecule is CCCCCCCCC/C=C\CCCCCCC(O)C(=O)NC(CS(=O)(=O)O)C(O)CCCCCCCCCCCCCCCCC. The predicted molar refractivity (Wildman–Crippen MR) is 199 cm³/mol. The van der Waals surface area contributed by atoms with Crippen LogP contribution in [0.2, 0.25) is 0 Å². The molecular weight excluding hydrogens is 610 g/mol.